The second-order valence-electron chi connectivity index (χ2n) is 8.72. The quantitative estimate of drug-likeness (QED) is 0.706. The number of likely N-dealkylation sites (tertiary alicyclic amines) is 1. The zero-order valence-electron chi connectivity index (χ0n) is 18.7. The lowest BCUT2D eigenvalue weighted by molar-refractivity contribution is -0.136. The molecule has 2 atom stereocenters. The molecule has 0 bridgehead atoms. The van der Waals surface area contributed by atoms with Crippen LogP contribution in [-0.2, 0) is 18.3 Å². The number of piperidine rings is 1. The van der Waals surface area contributed by atoms with Gasteiger partial charge in [-0.2, -0.15) is 5.10 Å². The molecule has 2 aromatic rings. The fourth-order valence-electron chi connectivity index (χ4n) is 5.00. The van der Waals surface area contributed by atoms with Crippen LogP contribution in [0.4, 0.5) is 0 Å². The maximum atomic E-state index is 13.5. The summed E-state index contributed by atoms with van der Waals surface area (Å²) in [6.45, 7) is 2.61. The van der Waals surface area contributed by atoms with Crippen LogP contribution < -0.4 is 4.74 Å². The van der Waals surface area contributed by atoms with Crippen LogP contribution in [0.1, 0.15) is 53.7 Å². The van der Waals surface area contributed by atoms with E-state index in [-0.39, 0.29) is 30.5 Å². The zero-order chi connectivity index (χ0) is 22.0. The van der Waals surface area contributed by atoms with Crippen LogP contribution in [0.3, 0.4) is 0 Å². The first kappa shape index (κ1) is 21.4. The molecule has 4 rings (SSSR count). The lowest BCUT2D eigenvalue weighted by Gasteiger charge is -2.45. The molecule has 2 aliphatic rings. The Morgan fingerprint density at radius 2 is 1.87 bits per heavy atom. The van der Waals surface area contributed by atoms with Crippen molar-refractivity contribution in [2.24, 2.45) is 7.05 Å². The van der Waals surface area contributed by atoms with Gasteiger partial charge < -0.3 is 14.5 Å². The summed E-state index contributed by atoms with van der Waals surface area (Å²) in [7, 11) is 3.69. The Morgan fingerprint density at radius 1 is 1.10 bits per heavy atom. The zero-order valence-corrected chi connectivity index (χ0v) is 18.7. The summed E-state index contributed by atoms with van der Waals surface area (Å²) < 4.78 is 7.59. The minimum atomic E-state index is -0.0442. The summed E-state index contributed by atoms with van der Waals surface area (Å²) in [5, 5.41) is 4.35. The second-order valence-corrected chi connectivity index (χ2v) is 8.72. The third kappa shape index (κ3) is 4.45. The van der Waals surface area contributed by atoms with E-state index in [1.807, 2.05) is 49.0 Å². The molecule has 0 saturated carbocycles. The highest BCUT2D eigenvalue weighted by atomic mass is 16.5. The molecule has 7 heteroatoms. The Kier molecular flexibility index (Phi) is 6.30. The van der Waals surface area contributed by atoms with E-state index in [2.05, 4.69) is 11.2 Å². The van der Waals surface area contributed by atoms with E-state index in [1.165, 1.54) is 0 Å². The molecule has 1 aromatic heterocycles. The normalized spacial score (nSPS) is 22.6. The number of hydrogen-bond donors (Lipinski definition) is 0. The molecule has 0 spiro atoms. The van der Waals surface area contributed by atoms with Gasteiger partial charge in [0.2, 0.25) is 0 Å². The first-order valence-corrected chi connectivity index (χ1v) is 11.2. The smallest absolute Gasteiger partial charge is 0.260 e. The maximum Gasteiger partial charge on any atom is 0.260 e. The molecule has 7 nitrogen and oxygen atoms in total. The van der Waals surface area contributed by atoms with E-state index in [0.717, 1.165) is 62.1 Å². The molecule has 0 N–H and O–H groups in total. The van der Waals surface area contributed by atoms with E-state index >= 15 is 0 Å². The van der Waals surface area contributed by atoms with Gasteiger partial charge in [-0.25, -0.2) is 0 Å². The number of rotatable bonds is 1. The number of likely N-dealkylation sites (N-methyl/N-ethyl adjacent to an activating group) is 1. The summed E-state index contributed by atoms with van der Waals surface area (Å²) in [4.78, 5) is 30.2. The molecule has 31 heavy (non-hydrogen) atoms. The number of para-hydroxylation sites is 1. The highest BCUT2D eigenvalue weighted by molar-refractivity contribution is 5.95. The van der Waals surface area contributed by atoms with Crippen molar-refractivity contribution < 1.29 is 14.3 Å². The Morgan fingerprint density at radius 3 is 2.65 bits per heavy atom. The molecule has 2 amide bonds. The van der Waals surface area contributed by atoms with Crippen LogP contribution in [0.25, 0.3) is 0 Å². The molecule has 2 aliphatic heterocycles. The number of hydrogen-bond acceptors (Lipinski definition) is 4. The maximum absolute atomic E-state index is 13.5. The monoisotopic (exact) mass is 424 g/mol. The van der Waals surface area contributed by atoms with E-state index in [0.29, 0.717) is 5.56 Å². The number of aromatic nitrogens is 2. The molecular formula is C24H32N4O3. The standard InChI is InChI=1S/C24H32N4O3/c1-17-19(15-26(2)25-17)24(30)28-14-8-12-20-21(28)11-6-4-9-18-10-5-7-13-22(18)31-16-23(29)27(20)3/h5,7,10,13,15,20-21H,4,6,8-9,11-12,14,16H2,1-3H3/t20-,21-/m1/s1. The average Bonchev–Trinajstić information content (AvgIpc) is 3.11. The van der Waals surface area contributed by atoms with Crippen molar-refractivity contribution in [1.82, 2.24) is 19.6 Å². The minimum Gasteiger partial charge on any atom is -0.483 e. The van der Waals surface area contributed by atoms with Crippen LogP contribution in [0, 0.1) is 6.92 Å². The van der Waals surface area contributed by atoms with Gasteiger partial charge in [0.05, 0.1) is 23.3 Å². The third-order valence-electron chi connectivity index (χ3n) is 6.66. The SMILES string of the molecule is Cc1nn(C)cc1C(=O)N1CCC[C@@H]2[C@H]1CCCCc1ccccc1OCC(=O)N2C. The van der Waals surface area contributed by atoms with Crippen molar-refractivity contribution in [2.75, 3.05) is 20.2 Å². The first-order chi connectivity index (χ1) is 15.0. The lowest BCUT2D eigenvalue weighted by Crippen LogP contribution is -2.58. The van der Waals surface area contributed by atoms with Crippen LogP contribution in [0.15, 0.2) is 30.5 Å². The number of fused-ring (bicyclic) bond motifs is 2. The first-order valence-electron chi connectivity index (χ1n) is 11.2. The second kappa shape index (κ2) is 9.12. The fourth-order valence-corrected chi connectivity index (χ4v) is 5.00. The predicted molar refractivity (Wildman–Crippen MR) is 118 cm³/mol. The summed E-state index contributed by atoms with van der Waals surface area (Å²) in [5.74, 6) is 0.779. The van der Waals surface area contributed by atoms with Gasteiger partial charge in [0.15, 0.2) is 6.61 Å². The molecular weight excluding hydrogens is 392 g/mol. The fraction of sp³-hybridized carbons (Fsp3) is 0.542. The molecule has 0 unspecified atom stereocenters. The van der Waals surface area contributed by atoms with Crippen LogP contribution in [-0.4, -0.2) is 63.7 Å². The summed E-state index contributed by atoms with van der Waals surface area (Å²) in [5.41, 5.74) is 2.54. The van der Waals surface area contributed by atoms with Crippen molar-refractivity contribution in [3.63, 3.8) is 0 Å². The van der Waals surface area contributed by atoms with Crippen LogP contribution >= 0.6 is 0 Å². The third-order valence-corrected chi connectivity index (χ3v) is 6.66. The predicted octanol–water partition coefficient (Wildman–Crippen LogP) is 2.97. The van der Waals surface area contributed by atoms with Gasteiger partial charge in [-0.1, -0.05) is 24.6 Å². The van der Waals surface area contributed by atoms with Crippen molar-refractivity contribution in [2.45, 2.75) is 57.5 Å². The van der Waals surface area contributed by atoms with Gasteiger partial charge >= 0.3 is 0 Å². The van der Waals surface area contributed by atoms with E-state index in [4.69, 9.17) is 4.74 Å². The van der Waals surface area contributed by atoms with Crippen LogP contribution in [0.5, 0.6) is 5.75 Å². The van der Waals surface area contributed by atoms with Gasteiger partial charge in [-0.05, 0) is 50.7 Å². The van der Waals surface area contributed by atoms with Crippen molar-refractivity contribution in [1.29, 1.82) is 0 Å². The highest BCUT2D eigenvalue weighted by Crippen LogP contribution is 2.29. The molecule has 166 valence electrons. The topological polar surface area (TPSA) is 67.7 Å². The summed E-state index contributed by atoms with van der Waals surface area (Å²) in [6.07, 6.45) is 7.40. The van der Waals surface area contributed by atoms with E-state index in [1.54, 1.807) is 10.9 Å². The number of carbonyl (C=O) groups excluding carboxylic acids is 2. The molecule has 1 saturated heterocycles. The number of amides is 2. The molecule has 3 heterocycles. The summed E-state index contributed by atoms with van der Waals surface area (Å²) in [6, 6.07) is 7.97. The number of ether oxygens (including phenoxy) is 1. The summed E-state index contributed by atoms with van der Waals surface area (Å²) >= 11 is 0. The molecule has 0 radical (unpaired) electrons. The Hall–Kier alpha value is -2.83. The van der Waals surface area contributed by atoms with Crippen LogP contribution in [0.2, 0.25) is 0 Å². The van der Waals surface area contributed by atoms with Gasteiger partial charge in [-0.3, -0.25) is 14.3 Å². The Labute approximate surface area is 184 Å². The lowest BCUT2D eigenvalue weighted by atomic mass is 9.89. The number of aryl methyl sites for hydroxylation is 3. The average molecular weight is 425 g/mol. The van der Waals surface area contributed by atoms with Gasteiger partial charge in [0.1, 0.15) is 5.75 Å². The van der Waals surface area contributed by atoms with Gasteiger partial charge in [0.25, 0.3) is 11.8 Å². The van der Waals surface area contributed by atoms with Crippen molar-refractivity contribution in [3.8, 4) is 5.75 Å². The Bertz CT molecular complexity index is 954. The molecule has 1 fully saturated rings. The Balaban J connectivity index is 1.60. The number of benzene rings is 1. The van der Waals surface area contributed by atoms with Crippen molar-refractivity contribution >= 4 is 11.8 Å². The van der Waals surface area contributed by atoms with E-state index in [9.17, 15) is 9.59 Å². The van der Waals surface area contributed by atoms with E-state index < -0.39 is 0 Å². The van der Waals surface area contributed by atoms with Gasteiger partial charge in [-0.15, -0.1) is 0 Å². The largest absolute Gasteiger partial charge is 0.483 e. The molecule has 1 aromatic carbocycles. The van der Waals surface area contributed by atoms with Gasteiger partial charge in [0, 0.05) is 26.8 Å². The number of carbonyl (C=O) groups is 2. The molecule has 0 aliphatic carbocycles. The van der Waals surface area contributed by atoms with Crippen molar-refractivity contribution in [3.05, 3.63) is 47.3 Å². The number of nitrogens with zero attached hydrogens (tertiary/aromatic N) is 4. The highest BCUT2D eigenvalue weighted by Gasteiger charge is 2.38. The minimum absolute atomic E-state index is 0.000415.